The Bertz CT molecular complexity index is 348. The van der Waals surface area contributed by atoms with E-state index in [9.17, 15) is 5.11 Å². The van der Waals surface area contributed by atoms with E-state index in [1.54, 1.807) is 0 Å². The fraction of sp³-hybridized carbons (Fsp3) is 0.571. The van der Waals surface area contributed by atoms with E-state index in [0.717, 1.165) is 37.9 Å². The summed E-state index contributed by atoms with van der Waals surface area (Å²) in [7, 11) is 0. The second-order valence-electron chi connectivity index (χ2n) is 4.77. The monoisotopic (exact) mass is 234 g/mol. The second-order valence-corrected chi connectivity index (χ2v) is 4.77. The van der Waals surface area contributed by atoms with Crippen LogP contribution in [0.1, 0.15) is 30.1 Å². The highest BCUT2D eigenvalue weighted by molar-refractivity contribution is 5.30. The number of aliphatic hydroxyl groups is 1. The minimum Gasteiger partial charge on any atom is -0.388 e. The van der Waals surface area contributed by atoms with Crippen LogP contribution in [0.2, 0.25) is 0 Å². The van der Waals surface area contributed by atoms with Crippen LogP contribution in [0, 0.1) is 5.92 Å². The number of nitrogens with two attached hydrogens (primary N) is 1. The summed E-state index contributed by atoms with van der Waals surface area (Å²) >= 11 is 0. The molecule has 1 unspecified atom stereocenters. The van der Waals surface area contributed by atoms with E-state index >= 15 is 0 Å². The third-order valence-electron chi connectivity index (χ3n) is 3.62. The van der Waals surface area contributed by atoms with Crippen LogP contribution in [0.25, 0.3) is 0 Å². The predicted molar refractivity (Wildman–Crippen MR) is 69.8 cm³/mol. The van der Waals surface area contributed by atoms with Crippen molar-refractivity contribution in [3.8, 4) is 0 Å². The molecule has 1 saturated heterocycles. The van der Waals surface area contributed by atoms with Gasteiger partial charge in [0.2, 0.25) is 0 Å². The van der Waals surface area contributed by atoms with Gasteiger partial charge < -0.3 is 16.2 Å². The Morgan fingerprint density at radius 2 is 2.00 bits per heavy atom. The van der Waals surface area contributed by atoms with E-state index < -0.39 is 0 Å². The molecule has 0 bridgehead atoms. The fourth-order valence-corrected chi connectivity index (χ4v) is 2.62. The molecule has 0 spiro atoms. The Morgan fingerprint density at radius 1 is 1.29 bits per heavy atom. The molecule has 1 aliphatic heterocycles. The molecule has 1 aliphatic rings. The predicted octanol–water partition coefficient (Wildman–Crippen LogP) is 1.22. The maximum atomic E-state index is 10.5. The number of aliphatic hydroxyl groups excluding tert-OH is 1. The highest BCUT2D eigenvalue weighted by Gasteiger charge is 2.24. The van der Waals surface area contributed by atoms with Gasteiger partial charge in [-0.3, -0.25) is 0 Å². The molecule has 0 aliphatic carbocycles. The number of hydrogen-bond donors (Lipinski definition) is 3. The van der Waals surface area contributed by atoms with Crippen molar-refractivity contribution < 1.29 is 5.11 Å². The van der Waals surface area contributed by atoms with Gasteiger partial charge in [-0.05, 0) is 55.9 Å². The zero-order chi connectivity index (χ0) is 12.1. The van der Waals surface area contributed by atoms with Crippen LogP contribution in [0.3, 0.4) is 0 Å². The van der Waals surface area contributed by atoms with E-state index in [2.05, 4.69) is 11.4 Å². The van der Waals surface area contributed by atoms with E-state index in [4.69, 9.17) is 5.73 Å². The zero-order valence-corrected chi connectivity index (χ0v) is 10.2. The van der Waals surface area contributed by atoms with Gasteiger partial charge in [-0.1, -0.05) is 24.3 Å². The number of nitrogens with one attached hydrogen (secondary N) is 1. The highest BCUT2D eigenvalue weighted by Crippen LogP contribution is 2.30. The SMILES string of the molecule is NCCc1ccccc1C(O)C1CCNCC1. The maximum Gasteiger partial charge on any atom is 0.0821 e. The minimum absolute atomic E-state index is 0.333. The lowest BCUT2D eigenvalue weighted by Gasteiger charge is -2.28. The number of hydrogen-bond acceptors (Lipinski definition) is 3. The molecular weight excluding hydrogens is 212 g/mol. The van der Waals surface area contributed by atoms with E-state index in [0.29, 0.717) is 12.5 Å². The summed E-state index contributed by atoms with van der Waals surface area (Å²) in [6.07, 6.45) is 2.62. The molecule has 4 N–H and O–H groups in total. The first-order chi connectivity index (χ1) is 8.33. The topological polar surface area (TPSA) is 58.3 Å². The van der Waals surface area contributed by atoms with Gasteiger partial charge in [-0.25, -0.2) is 0 Å². The number of rotatable bonds is 4. The van der Waals surface area contributed by atoms with E-state index in [1.807, 2.05) is 18.2 Å². The summed E-state index contributed by atoms with van der Waals surface area (Å²) in [5, 5.41) is 13.8. The van der Waals surface area contributed by atoms with Crippen molar-refractivity contribution in [2.75, 3.05) is 19.6 Å². The largest absolute Gasteiger partial charge is 0.388 e. The Morgan fingerprint density at radius 3 is 2.71 bits per heavy atom. The van der Waals surface area contributed by atoms with Crippen LogP contribution in [-0.4, -0.2) is 24.7 Å². The smallest absolute Gasteiger partial charge is 0.0821 e. The normalized spacial score (nSPS) is 19.2. The lowest BCUT2D eigenvalue weighted by Crippen LogP contribution is -2.31. The summed E-state index contributed by atoms with van der Waals surface area (Å²) in [4.78, 5) is 0. The van der Waals surface area contributed by atoms with E-state index in [-0.39, 0.29) is 6.10 Å². The summed E-state index contributed by atoms with van der Waals surface area (Å²) in [5.41, 5.74) is 7.89. The van der Waals surface area contributed by atoms with Crippen molar-refractivity contribution in [2.24, 2.45) is 11.7 Å². The highest BCUT2D eigenvalue weighted by atomic mass is 16.3. The van der Waals surface area contributed by atoms with Gasteiger partial charge in [0.25, 0.3) is 0 Å². The molecule has 1 fully saturated rings. The van der Waals surface area contributed by atoms with Gasteiger partial charge in [0, 0.05) is 0 Å². The Labute approximate surface area is 103 Å². The van der Waals surface area contributed by atoms with Gasteiger partial charge in [0.15, 0.2) is 0 Å². The van der Waals surface area contributed by atoms with Gasteiger partial charge >= 0.3 is 0 Å². The van der Waals surface area contributed by atoms with Crippen molar-refractivity contribution in [3.63, 3.8) is 0 Å². The third kappa shape index (κ3) is 3.06. The van der Waals surface area contributed by atoms with Crippen LogP contribution in [0.4, 0.5) is 0 Å². The molecule has 1 aromatic carbocycles. The minimum atomic E-state index is -0.333. The van der Waals surface area contributed by atoms with Crippen molar-refractivity contribution >= 4 is 0 Å². The molecule has 17 heavy (non-hydrogen) atoms. The standard InChI is InChI=1S/C14H22N2O/c15-8-5-11-3-1-2-4-13(11)14(17)12-6-9-16-10-7-12/h1-4,12,14,16-17H,5-10,15H2. The average molecular weight is 234 g/mol. The lowest BCUT2D eigenvalue weighted by molar-refractivity contribution is 0.0882. The molecule has 3 heteroatoms. The quantitative estimate of drug-likeness (QED) is 0.734. The van der Waals surface area contributed by atoms with Crippen molar-refractivity contribution in [1.29, 1.82) is 0 Å². The van der Waals surface area contributed by atoms with Gasteiger partial charge in [0.05, 0.1) is 6.10 Å². The van der Waals surface area contributed by atoms with Crippen LogP contribution < -0.4 is 11.1 Å². The average Bonchev–Trinajstić information content (AvgIpc) is 2.40. The summed E-state index contributed by atoms with van der Waals surface area (Å²) in [6, 6.07) is 8.13. The Kier molecular flexibility index (Phi) is 4.54. The number of piperidine rings is 1. The van der Waals surface area contributed by atoms with Crippen LogP contribution >= 0.6 is 0 Å². The maximum absolute atomic E-state index is 10.5. The molecule has 2 rings (SSSR count). The molecule has 1 atom stereocenters. The second kappa shape index (κ2) is 6.15. The van der Waals surface area contributed by atoms with Crippen LogP contribution in [0.5, 0.6) is 0 Å². The van der Waals surface area contributed by atoms with Gasteiger partial charge in [0.1, 0.15) is 0 Å². The van der Waals surface area contributed by atoms with Crippen molar-refractivity contribution in [1.82, 2.24) is 5.32 Å². The summed E-state index contributed by atoms with van der Waals surface area (Å²) in [5.74, 6) is 0.384. The van der Waals surface area contributed by atoms with Crippen molar-refractivity contribution in [3.05, 3.63) is 35.4 Å². The fourth-order valence-electron chi connectivity index (χ4n) is 2.62. The molecular formula is C14H22N2O. The molecule has 1 heterocycles. The molecule has 0 radical (unpaired) electrons. The van der Waals surface area contributed by atoms with E-state index in [1.165, 1.54) is 5.56 Å². The lowest BCUT2D eigenvalue weighted by atomic mass is 9.86. The van der Waals surface area contributed by atoms with Gasteiger partial charge in [-0.2, -0.15) is 0 Å². The molecule has 3 nitrogen and oxygen atoms in total. The van der Waals surface area contributed by atoms with Gasteiger partial charge in [-0.15, -0.1) is 0 Å². The molecule has 1 aromatic rings. The molecule has 0 amide bonds. The first kappa shape index (κ1) is 12.6. The van der Waals surface area contributed by atoms with Crippen molar-refractivity contribution in [2.45, 2.75) is 25.4 Å². The number of benzene rings is 1. The first-order valence-corrected chi connectivity index (χ1v) is 6.49. The Balaban J connectivity index is 2.14. The van der Waals surface area contributed by atoms with Crippen LogP contribution in [0.15, 0.2) is 24.3 Å². The third-order valence-corrected chi connectivity index (χ3v) is 3.62. The summed E-state index contributed by atoms with van der Waals surface area (Å²) < 4.78 is 0. The molecule has 94 valence electrons. The first-order valence-electron chi connectivity index (χ1n) is 6.49. The van der Waals surface area contributed by atoms with Crippen LogP contribution in [-0.2, 0) is 6.42 Å². The summed E-state index contributed by atoms with van der Waals surface area (Å²) in [6.45, 7) is 2.66. The Hall–Kier alpha value is -0.900. The molecule has 0 saturated carbocycles. The zero-order valence-electron chi connectivity index (χ0n) is 10.2. The molecule has 0 aromatic heterocycles.